The average molecular weight is 348 g/mol. The smallest absolute Gasteiger partial charge is 0.253 e. The largest absolute Gasteiger partial charge is 0.383 e. The van der Waals surface area contributed by atoms with Gasteiger partial charge in [0.15, 0.2) is 0 Å². The lowest BCUT2D eigenvalue weighted by Gasteiger charge is -2.47. The van der Waals surface area contributed by atoms with Gasteiger partial charge in [-0.1, -0.05) is 0 Å². The first kappa shape index (κ1) is 17.9. The van der Waals surface area contributed by atoms with Gasteiger partial charge >= 0.3 is 0 Å². The SMILES string of the molecule is COCCN1CC2(CCC1=O)CCN(C(=O)c1ccc(F)cc1)CC2. The first-order valence-electron chi connectivity index (χ1n) is 8.85. The van der Waals surface area contributed by atoms with E-state index in [1.807, 2.05) is 9.80 Å². The van der Waals surface area contributed by atoms with Crippen LogP contribution in [0.15, 0.2) is 24.3 Å². The van der Waals surface area contributed by atoms with Gasteiger partial charge in [-0.05, 0) is 48.9 Å². The van der Waals surface area contributed by atoms with E-state index in [1.54, 1.807) is 7.11 Å². The Morgan fingerprint density at radius 3 is 2.52 bits per heavy atom. The van der Waals surface area contributed by atoms with Gasteiger partial charge in [0.25, 0.3) is 5.91 Å². The first-order valence-corrected chi connectivity index (χ1v) is 8.85. The minimum atomic E-state index is -0.336. The normalized spacial score (nSPS) is 20.2. The Bertz CT molecular complexity index is 624. The van der Waals surface area contributed by atoms with Crippen LogP contribution in [0.25, 0.3) is 0 Å². The number of carbonyl (C=O) groups excluding carboxylic acids is 2. The maximum absolute atomic E-state index is 13.0. The monoisotopic (exact) mass is 348 g/mol. The van der Waals surface area contributed by atoms with Crippen LogP contribution >= 0.6 is 0 Å². The number of piperidine rings is 2. The van der Waals surface area contributed by atoms with E-state index in [0.717, 1.165) is 25.8 Å². The third kappa shape index (κ3) is 4.00. The first-order chi connectivity index (χ1) is 12.0. The summed E-state index contributed by atoms with van der Waals surface area (Å²) in [6.45, 7) is 3.31. The number of ether oxygens (including phenoxy) is 1. The van der Waals surface area contributed by atoms with Crippen LogP contribution in [0.2, 0.25) is 0 Å². The highest BCUT2D eigenvalue weighted by Crippen LogP contribution is 2.40. The quantitative estimate of drug-likeness (QED) is 0.839. The molecule has 1 aromatic rings. The molecular weight excluding hydrogens is 323 g/mol. The zero-order chi connectivity index (χ0) is 17.9. The zero-order valence-electron chi connectivity index (χ0n) is 14.7. The van der Waals surface area contributed by atoms with Gasteiger partial charge in [-0.15, -0.1) is 0 Å². The number of hydrogen-bond donors (Lipinski definition) is 0. The summed E-state index contributed by atoms with van der Waals surface area (Å²) in [5.41, 5.74) is 0.638. The van der Waals surface area contributed by atoms with E-state index in [9.17, 15) is 14.0 Å². The number of rotatable bonds is 4. The number of carbonyl (C=O) groups is 2. The third-order valence-electron chi connectivity index (χ3n) is 5.52. The molecule has 0 aliphatic carbocycles. The van der Waals surface area contributed by atoms with Gasteiger partial charge in [0, 0.05) is 45.3 Å². The van der Waals surface area contributed by atoms with Gasteiger partial charge in [0.05, 0.1) is 6.61 Å². The minimum absolute atomic E-state index is 0.0435. The summed E-state index contributed by atoms with van der Waals surface area (Å²) >= 11 is 0. The molecule has 0 bridgehead atoms. The molecule has 3 rings (SSSR count). The molecule has 0 saturated carbocycles. The Morgan fingerprint density at radius 1 is 1.20 bits per heavy atom. The highest BCUT2D eigenvalue weighted by atomic mass is 19.1. The fourth-order valence-corrected chi connectivity index (χ4v) is 3.87. The Hall–Kier alpha value is -1.95. The lowest BCUT2D eigenvalue weighted by molar-refractivity contribution is -0.139. The number of halogens is 1. The average Bonchev–Trinajstić information content (AvgIpc) is 2.63. The summed E-state index contributed by atoms with van der Waals surface area (Å²) in [7, 11) is 1.64. The Balaban J connectivity index is 1.60. The highest BCUT2D eigenvalue weighted by molar-refractivity contribution is 5.94. The lowest BCUT2D eigenvalue weighted by atomic mass is 9.72. The minimum Gasteiger partial charge on any atom is -0.383 e. The lowest BCUT2D eigenvalue weighted by Crippen LogP contribution is -2.52. The number of nitrogens with zero attached hydrogens (tertiary/aromatic N) is 2. The van der Waals surface area contributed by atoms with Crippen LogP contribution in [0.5, 0.6) is 0 Å². The molecule has 2 fully saturated rings. The second-order valence-electron chi connectivity index (χ2n) is 7.11. The molecule has 0 radical (unpaired) electrons. The van der Waals surface area contributed by atoms with Gasteiger partial charge in [-0.2, -0.15) is 0 Å². The molecule has 5 nitrogen and oxygen atoms in total. The summed E-state index contributed by atoms with van der Waals surface area (Å²) in [6, 6.07) is 5.71. The van der Waals surface area contributed by atoms with Gasteiger partial charge in [0.2, 0.25) is 5.91 Å². The molecule has 2 aliphatic rings. The van der Waals surface area contributed by atoms with Crippen molar-refractivity contribution in [2.75, 3.05) is 39.9 Å². The Morgan fingerprint density at radius 2 is 1.88 bits per heavy atom. The molecule has 1 spiro atoms. The van der Waals surface area contributed by atoms with Gasteiger partial charge < -0.3 is 14.5 Å². The van der Waals surface area contributed by atoms with Crippen LogP contribution in [0, 0.1) is 11.2 Å². The van der Waals surface area contributed by atoms with Crippen molar-refractivity contribution in [3.8, 4) is 0 Å². The van der Waals surface area contributed by atoms with Crippen molar-refractivity contribution >= 4 is 11.8 Å². The molecule has 2 amide bonds. The molecule has 0 atom stereocenters. The molecule has 1 aromatic carbocycles. The summed E-state index contributed by atoms with van der Waals surface area (Å²) in [6.07, 6.45) is 3.27. The van der Waals surface area contributed by atoms with Gasteiger partial charge in [-0.3, -0.25) is 9.59 Å². The molecule has 0 unspecified atom stereocenters. The number of amides is 2. The standard InChI is InChI=1S/C19H25FN2O3/c1-25-13-12-22-14-19(7-6-17(22)23)8-10-21(11-9-19)18(24)15-2-4-16(20)5-3-15/h2-5H,6-14H2,1H3. The maximum Gasteiger partial charge on any atom is 0.253 e. The Labute approximate surface area is 147 Å². The molecule has 25 heavy (non-hydrogen) atoms. The second kappa shape index (κ2) is 7.52. The van der Waals surface area contributed by atoms with E-state index < -0.39 is 0 Å². The predicted octanol–water partition coefficient (Wildman–Crippen LogP) is 2.32. The second-order valence-corrected chi connectivity index (χ2v) is 7.11. The van der Waals surface area contributed by atoms with E-state index in [0.29, 0.717) is 38.2 Å². The number of hydrogen-bond acceptors (Lipinski definition) is 3. The topological polar surface area (TPSA) is 49.9 Å². The van der Waals surface area contributed by atoms with Crippen LogP contribution < -0.4 is 0 Å². The Kier molecular flexibility index (Phi) is 5.37. The molecule has 2 saturated heterocycles. The van der Waals surface area contributed by atoms with Crippen molar-refractivity contribution in [1.29, 1.82) is 0 Å². The van der Waals surface area contributed by atoms with Gasteiger partial charge in [0.1, 0.15) is 5.82 Å². The van der Waals surface area contributed by atoms with Crippen molar-refractivity contribution in [3.63, 3.8) is 0 Å². The van der Waals surface area contributed by atoms with Crippen LogP contribution in [0.1, 0.15) is 36.0 Å². The van der Waals surface area contributed by atoms with Crippen molar-refractivity contribution in [3.05, 3.63) is 35.6 Å². The third-order valence-corrected chi connectivity index (χ3v) is 5.52. The predicted molar refractivity (Wildman–Crippen MR) is 91.7 cm³/mol. The summed E-state index contributed by atoms with van der Waals surface area (Å²) in [4.78, 5) is 28.4. The van der Waals surface area contributed by atoms with Crippen LogP contribution in [-0.4, -0.2) is 61.5 Å². The highest BCUT2D eigenvalue weighted by Gasteiger charge is 2.41. The van der Waals surface area contributed by atoms with E-state index in [4.69, 9.17) is 4.74 Å². The van der Waals surface area contributed by atoms with E-state index in [2.05, 4.69) is 0 Å². The van der Waals surface area contributed by atoms with Crippen molar-refractivity contribution in [1.82, 2.24) is 9.80 Å². The number of benzene rings is 1. The van der Waals surface area contributed by atoms with Crippen molar-refractivity contribution in [2.45, 2.75) is 25.7 Å². The van der Waals surface area contributed by atoms with Crippen molar-refractivity contribution < 1.29 is 18.7 Å². The van der Waals surface area contributed by atoms with E-state index >= 15 is 0 Å². The fraction of sp³-hybridized carbons (Fsp3) is 0.579. The maximum atomic E-state index is 13.0. The van der Waals surface area contributed by atoms with Crippen molar-refractivity contribution in [2.24, 2.45) is 5.41 Å². The zero-order valence-corrected chi connectivity index (χ0v) is 14.7. The molecule has 2 heterocycles. The molecule has 6 heteroatoms. The number of methoxy groups -OCH3 is 1. The number of likely N-dealkylation sites (tertiary alicyclic amines) is 2. The van der Waals surface area contributed by atoms with E-state index in [-0.39, 0.29) is 23.0 Å². The van der Waals surface area contributed by atoms with Crippen LogP contribution in [0.4, 0.5) is 4.39 Å². The van der Waals surface area contributed by atoms with Gasteiger partial charge in [-0.25, -0.2) is 4.39 Å². The fourth-order valence-electron chi connectivity index (χ4n) is 3.87. The molecule has 136 valence electrons. The molecule has 0 N–H and O–H groups in total. The van der Waals surface area contributed by atoms with E-state index in [1.165, 1.54) is 24.3 Å². The molecular formula is C19H25FN2O3. The molecule has 0 aromatic heterocycles. The summed E-state index contributed by atoms with van der Waals surface area (Å²) < 4.78 is 18.1. The summed E-state index contributed by atoms with van der Waals surface area (Å²) in [5, 5.41) is 0. The molecule has 2 aliphatic heterocycles. The summed E-state index contributed by atoms with van der Waals surface area (Å²) in [5.74, 6) is -0.178. The van der Waals surface area contributed by atoms with Crippen LogP contribution in [-0.2, 0) is 9.53 Å². The van der Waals surface area contributed by atoms with Crippen LogP contribution in [0.3, 0.4) is 0 Å².